The zero-order valence-electron chi connectivity index (χ0n) is 13.1. The van der Waals surface area contributed by atoms with Gasteiger partial charge < -0.3 is 15.0 Å². The Kier molecular flexibility index (Phi) is 5.86. The van der Waals surface area contributed by atoms with Crippen molar-refractivity contribution in [3.05, 3.63) is 29.3 Å². The van der Waals surface area contributed by atoms with Crippen LogP contribution < -0.4 is 10.1 Å². The first-order valence-electron chi connectivity index (χ1n) is 8.00. The highest BCUT2D eigenvalue weighted by molar-refractivity contribution is 5.45. The smallest absolute Gasteiger partial charge is 0.127 e. The van der Waals surface area contributed by atoms with Gasteiger partial charge in [-0.3, -0.25) is 0 Å². The second-order valence-corrected chi connectivity index (χ2v) is 5.36. The number of nitrogens with one attached hydrogen (secondary N) is 1. The molecule has 0 bridgehead atoms. The highest BCUT2D eigenvalue weighted by atomic mass is 16.5. The zero-order valence-corrected chi connectivity index (χ0v) is 13.1. The first-order valence-corrected chi connectivity index (χ1v) is 8.00. The van der Waals surface area contributed by atoms with E-state index < -0.39 is 0 Å². The molecule has 20 heavy (non-hydrogen) atoms. The van der Waals surface area contributed by atoms with Crippen LogP contribution in [0, 0.1) is 0 Å². The number of hydrogen-bond acceptors (Lipinski definition) is 3. The van der Waals surface area contributed by atoms with Crippen molar-refractivity contribution in [2.45, 2.75) is 39.7 Å². The van der Waals surface area contributed by atoms with E-state index in [0.29, 0.717) is 6.04 Å². The molecule has 3 nitrogen and oxygen atoms in total. The van der Waals surface area contributed by atoms with Crippen LogP contribution in [0.25, 0.3) is 0 Å². The summed E-state index contributed by atoms with van der Waals surface area (Å²) in [5.41, 5.74) is 2.71. The molecule has 1 unspecified atom stereocenters. The molecule has 0 saturated carbocycles. The van der Waals surface area contributed by atoms with Crippen LogP contribution in [0.2, 0.25) is 0 Å². The Morgan fingerprint density at radius 3 is 2.75 bits per heavy atom. The second kappa shape index (κ2) is 7.65. The summed E-state index contributed by atoms with van der Waals surface area (Å²) in [5.74, 6) is 1.14. The second-order valence-electron chi connectivity index (χ2n) is 5.36. The summed E-state index contributed by atoms with van der Waals surface area (Å²) in [5, 5.41) is 3.63. The molecule has 0 fully saturated rings. The molecule has 0 spiro atoms. The van der Waals surface area contributed by atoms with Crippen molar-refractivity contribution < 1.29 is 4.74 Å². The van der Waals surface area contributed by atoms with Gasteiger partial charge in [0, 0.05) is 18.0 Å². The van der Waals surface area contributed by atoms with Crippen LogP contribution in [0.4, 0.5) is 0 Å². The van der Waals surface area contributed by atoms with Gasteiger partial charge in [-0.2, -0.15) is 0 Å². The predicted molar refractivity (Wildman–Crippen MR) is 84.5 cm³/mol. The maximum absolute atomic E-state index is 5.86. The van der Waals surface area contributed by atoms with Crippen LogP contribution in [0.1, 0.15) is 44.4 Å². The summed E-state index contributed by atoms with van der Waals surface area (Å²) in [6, 6.07) is 6.98. The third-order valence-corrected chi connectivity index (χ3v) is 4.20. The summed E-state index contributed by atoms with van der Waals surface area (Å²) < 4.78 is 5.86. The molecule has 0 saturated heterocycles. The molecule has 1 aliphatic rings. The van der Waals surface area contributed by atoms with E-state index in [4.69, 9.17) is 4.74 Å². The topological polar surface area (TPSA) is 24.5 Å². The molecule has 1 heterocycles. The number of rotatable bonds is 8. The van der Waals surface area contributed by atoms with Crippen molar-refractivity contribution in [2.75, 3.05) is 32.8 Å². The van der Waals surface area contributed by atoms with Crippen LogP contribution >= 0.6 is 0 Å². The summed E-state index contributed by atoms with van der Waals surface area (Å²) in [6.45, 7) is 11.8. The first kappa shape index (κ1) is 15.3. The summed E-state index contributed by atoms with van der Waals surface area (Å²) in [4.78, 5) is 2.48. The summed E-state index contributed by atoms with van der Waals surface area (Å²) in [6.07, 6.45) is 2.19. The van der Waals surface area contributed by atoms with E-state index in [1.54, 1.807) is 0 Å². The molecule has 0 radical (unpaired) electrons. The minimum absolute atomic E-state index is 0.397. The normalized spacial score (nSPS) is 15.2. The largest absolute Gasteiger partial charge is 0.493 e. The van der Waals surface area contributed by atoms with Crippen molar-refractivity contribution in [2.24, 2.45) is 0 Å². The fourth-order valence-electron chi connectivity index (χ4n) is 2.98. The van der Waals surface area contributed by atoms with Gasteiger partial charge in [0.2, 0.25) is 0 Å². The molecule has 3 heteroatoms. The SMILES string of the molecule is CCNC(CCN(CC)CC)c1cccc2c1OCC2. The number of fused-ring (bicyclic) bond motifs is 1. The number of nitrogens with zero attached hydrogens (tertiary/aromatic N) is 1. The molecule has 1 aliphatic heterocycles. The van der Waals surface area contributed by atoms with Gasteiger partial charge >= 0.3 is 0 Å². The van der Waals surface area contributed by atoms with Gasteiger partial charge in [0.25, 0.3) is 0 Å². The number of benzene rings is 1. The van der Waals surface area contributed by atoms with Crippen molar-refractivity contribution in [1.82, 2.24) is 10.2 Å². The highest BCUT2D eigenvalue weighted by Crippen LogP contribution is 2.34. The number of ether oxygens (including phenoxy) is 1. The van der Waals surface area contributed by atoms with E-state index in [1.165, 1.54) is 11.1 Å². The highest BCUT2D eigenvalue weighted by Gasteiger charge is 2.21. The van der Waals surface area contributed by atoms with E-state index in [9.17, 15) is 0 Å². The van der Waals surface area contributed by atoms with Crippen molar-refractivity contribution >= 4 is 0 Å². The van der Waals surface area contributed by atoms with E-state index in [-0.39, 0.29) is 0 Å². The fourth-order valence-corrected chi connectivity index (χ4v) is 2.98. The molecule has 0 amide bonds. The molecular weight excluding hydrogens is 248 g/mol. The van der Waals surface area contributed by atoms with E-state index in [2.05, 4.69) is 49.2 Å². The average molecular weight is 276 g/mol. The molecule has 112 valence electrons. The summed E-state index contributed by atoms with van der Waals surface area (Å²) >= 11 is 0. The third-order valence-electron chi connectivity index (χ3n) is 4.20. The fraction of sp³-hybridized carbons (Fsp3) is 0.647. The predicted octanol–water partition coefficient (Wildman–Crippen LogP) is 3.00. The Morgan fingerprint density at radius 2 is 2.05 bits per heavy atom. The number of para-hydroxylation sites is 1. The maximum atomic E-state index is 5.86. The molecule has 1 N–H and O–H groups in total. The maximum Gasteiger partial charge on any atom is 0.127 e. The average Bonchev–Trinajstić information content (AvgIpc) is 2.95. The standard InChI is InChI=1S/C17H28N2O/c1-4-18-16(10-12-19(5-2)6-3)15-9-7-8-14-11-13-20-17(14)15/h7-9,16,18H,4-6,10-13H2,1-3H3. The molecular formula is C17H28N2O. The Morgan fingerprint density at radius 1 is 1.25 bits per heavy atom. The summed E-state index contributed by atoms with van der Waals surface area (Å²) in [7, 11) is 0. The Bertz CT molecular complexity index is 415. The Hall–Kier alpha value is -1.06. The van der Waals surface area contributed by atoms with Gasteiger partial charge in [-0.1, -0.05) is 39.0 Å². The molecule has 1 aromatic rings. The van der Waals surface area contributed by atoms with E-state index in [1.807, 2.05) is 0 Å². The minimum atomic E-state index is 0.397. The lowest BCUT2D eigenvalue weighted by molar-refractivity contribution is 0.279. The lowest BCUT2D eigenvalue weighted by atomic mass is 9.99. The van der Waals surface area contributed by atoms with Gasteiger partial charge in [0.05, 0.1) is 6.61 Å². The lowest BCUT2D eigenvalue weighted by Gasteiger charge is -2.24. The van der Waals surface area contributed by atoms with Crippen molar-refractivity contribution in [3.8, 4) is 5.75 Å². The first-order chi connectivity index (χ1) is 9.80. The number of hydrogen-bond donors (Lipinski definition) is 1. The van der Waals surface area contributed by atoms with Gasteiger partial charge in [-0.05, 0) is 38.2 Å². The van der Waals surface area contributed by atoms with Crippen LogP contribution in [-0.2, 0) is 6.42 Å². The Balaban J connectivity index is 2.10. The van der Waals surface area contributed by atoms with Crippen LogP contribution in [0.3, 0.4) is 0 Å². The van der Waals surface area contributed by atoms with Gasteiger partial charge in [0.15, 0.2) is 0 Å². The molecule has 2 rings (SSSR count). The molecule has 0 aliphatic carbocycles. The van der Waals surface area contributed by atoms with Gasteiger partial charge in [-0.15, -0.1) is 0 Å². The van der Waals surface area contributed by atoms with Crippen molar-refractivity contribution in [3.63, 3.8) is 0 Å². The molecule has 1 atom stereocenters. The van der Waals surface area contributed by atoms with Crippen LogP contribution in [0.15, 0.2) is 18.2 Å². The van der Waals surface area contributed by atoms with Crippen LogP contribution in [0.5, 0.6) is 5.75 Å². The van der Waals surface area contributed by atoms with Crippen molar-refractivity contribution in [1.29, 1.82) is 0 Å². The third kappa shape index (κ3) is 3.53. The Labute approximate surface area is 123 Å². The lowest BCUT2D eigenvalue weighted by Crippen LogP contribution is -2.29. The molecule has 1 aromatic carbocycles. The molecule has 0 aromatic heterocycles. The van der Waals surface area contributed by atoms with Gasteiger partial charge in [0.1, 0.15) is 5.75 Å². The minimum Gasteiger partial charge on any atom is -0.493 e. The zero-order chi connectivity index (χ0) is 14.4. The van der Waals surface area contributed by atoms with E-state index in [0.717, 1.165) is 51.4 Å². The van der Waals surface area contributed by atoms with Crippen LogP contribution in [-0.4, -0.2) is 37.7 Å². The van der Waals surface area contributed by atoms with E-state index >= 15 is 0 Å². The van der Waals surface area contributed by atoms with Gasteiger partial charge in [-0.25, -0.2) is 0 Å². The quantitative estimate of drug-likeness (QED) is 0.790. The monoisotopic (exact) mass is 276 g/mol.